The van der Waals surface area contributed by atoms with E-state index in [1.807, 2.05) is 4.90 Å². The van der Waals surface area contributed by atoms with E-state index in [9.17, 15) is 23.3 Å². The molecule has 1 amide bonds. The van der Waals surface area contributed by atoms with Crippen molar-refractivity contribution in [2.45, 2.75) is 44.6 Å². The Kier molecular flexibility index (Phi) is 7.73. The molecule has 11 heteroatoms. The Bertz CT molecular complexity index is 938. The summed E-state index contributed by atoms with van der Waals surface area (Å²) in [6.07, 6.45) is 1.82. The summed E-state index contributed by atoms with van der Waals surface area (Å²) in [6.45, 7) is 8.08. The summed E-state index contributed by atoms with van der Waals surface area (Å²) in [4.78, 5) is 27.3. The molecule has 1 saturated carbocycles. The number of amides is 1. The third-order valence-corrected chi connectivity index (χ3v) is 8.09. The molecular formula is C21H32N4O6S. The van der Waals surface area contributed by atoms with Gasteiger partial charge < -0.3 is 14.5 Å². The van der Waals surface area contributed by atoms with E-state index in [0.29, 0.717) is 44.4 Å². The van der Waals surface area contributed by atoms with Gasteiger partial charge in [0.15, 0.2) is 0 Å². The first-order chi connectivity index (χ1) is 15.2. The van der Waals surface area contributed by atoms with Crippen LogP contribution < -0.4 is 4.90 Å². The van der Waals surface area contributed by atoms with Crippen molar-refractivity contribution in [1.82, 2.24) is 9.21 Å². The highest BCUT2D eigenvalue weighted by Gasteiger charge is 2.31. The van der Waals surface area contributed by atoms with Gasteiger partial charge in [0, 0.05) is 45.3 Å². The number of ether oxygens (including phenoxy) is 1. The average molecular weight is 469 g/mol. The second-order valence-electron chi connectivity index (χ2n) is 8.23. The van der Waals surface area contributed by atoms with E-state index in [1.54, 1.807) is 25.7 Å². The molecule has 3 rings (SSSR count). The highest BCUT2D eigenvalue weighted by atomic mass is 32.2. The van der Waals surface area contributed by atoms with E-state index in [1.165, 1.54) is 16.4 Å². The van der Waals surface area contributed by atoms with Gasteiger partial charge in [0.2, 0.25) is 10.0 Å². The predicted molar refractivity (Wildman–Crippen MR) is 120 cm³/mol. The molecule has 1 aromatic carbocycles. The van der Waals surface area contributed by atoms with Crippen LogP contribution in [0.4, 0.5) is 11.4 Å². The monoisotopic (exact) mass is 468 g/mol. The summed E-state index contributed by atoms with van der Waals surface area (Å²) in [5, 5.41) is 11.7. The minimum Gasteiger partial charge on any atom is -0.368 e. The molecule has 1 aliphatic heterocycles. The fourth-order valence-electron chi connectivity index (χ4n) is 3.85. The van der Waals surface area contributed by atoms with Crippen LogP contribution in [0, 0.1) is 16.0 Å². The molecule has 2 fully saturated rings. The molecular weight excluding hydrogens is 436 g/mol. The van der Waals surface area contributed by atoms with Crippen molar-refractivity contribution in [3.63, 3.8) is 0 Å². The molecule has 32 heavy (non-hydrogen) atoms. The number of sulfonamides is 1. The number of nitro groups is 1. The van der Waals surface area contributed by atoms with Crippen LogP contribution in [0.3, 0.4) is 0 Å². The SMILES string of the molecule is CCN(CC)S(=O)(=O)c1ccc(N2CCN(C(=O)C(C)OCC3CC3)CC2)c([N+](=O)[O-])c1. The molecule has 2 aliphatic rings. The Labute approximate surface area is 189 Å². The fourth-order valence-corrected chi connectivity index (χ4v) is 5.33. The molecule has 1 saturated heterocycles. The number of nitro benzene ring substituents is 1. The molecule has 1 atom stereocenters. The number of hydrogen-bond acceptors (Lipinski definition) is 7. The molecule has 0 bridgehead atoms. The Hall–Kier alpha value is -2.24. The number of carbonyl (C=O) groups is 1. The van der Waals surface area contributed by atoms with E-state index in [-0.39, 0.29) is 29.6 Å². The summed E-state index contributed by atoms with van der Waals surface area (Å²) >= 11 is 0. The Balaban J connectivity index is 1.70. The molecule has 0 N–H and O–H groups in total. The average Bonchev–Trinajstić information content (AvgIpc) is 3.62. The molecule has 1 unspecified atom stereocenters. The van der Waals surface area contributed by atoms with Crippen molar-refractivity contribution in [3.05, 3.63) is 28.3 Å². The van der Waals surface area contributed by atoms with E-state index in [0.717, 1.165) is 18.9 Å². The normalized spacial score (nSPS) is 18.1. The van der Waals surface area contributed by atoms with E-state index in [2.05, 4.69) is 0 Å². The summed E-state index contributed by atoms with van der Waals surface area (Å²) in [5.74, 6) is 0.511. The first kappa shape index (κ1) is 24.4. The van der Waals surface area contributed by atoms with Gasteiger partial charge in [-0.2, -0.15) is 4.31 Å². The van der Waals surface area contributed by atoms with E-state index in [4.69, 9.17) is 4.74 Å². The largest absolute Gasteiger partial charge is 0.368 e. The third kappa shape index (κ3) is 5.38. The van der Waals surface area contributed by atoms with Gasteiger partial charge in [-0.15, -0.1) is 0 Å². The Morgan fingerprint density at radius 1 is 1.22 bits per heavy atom. The van der Waals surface area contributed by atoms with Gasteiger partial charge in [-0.3, -0.25) is 14.9 Å². The fraction of sp³-hybridized carbons (Fsp3) is 0.667. The van der Waals surface area contributed by atoms with Gasteiger partial charge in [0.25, 0.3) is 11.6 Å². The molecule has 1 aliphatic carbocycles. The van der Waals surface area contributed by atoms with Crippen LogP contribution >= 0.6 is 0 Å². The maximum Gasteiger partial charge on any atom is 0.293 e. The van der Waals surface area contributed by atoms with Gasteiger partial charge in [-0.1, -0.05) is 13.8 Å². The number of benzene rings is 1. The van der Waals surface area contributed by atoms with Gasteiger partial charge in [-0.05, 0) is 37.8 Å². The van der Waals surface area contributed by atoms with Crippen LogP contribution in [-0.2, 0) is 19.6 Å². The van der Waals surface area contributed by atoms with Crippen molar-refractivity contribution >= 4 is 27.3 Å². The predicted octanol–water partition coefficient (Wildman–Crippen LogP) is 2.09. The highest BCUT2D eigenvalue weighted by molar-refractivity contribution is 7.89. The number of rotatable bonds is 10. The van der Waals surface area contributed by atoms with Crippen molar-refractivity contribution in [1.29, 1.82) is 0 Å². The number of hydrogen-bond donors (Lipinski definition) is 0. The van der Waals surface area contributed by atoms with Crippen molar-refractivity contribution < 1.29 is 22.9 Å². The van der Waals surface area contributed by atoms with Crippen LogP contribution in [0.2, 0.25) is 0 Å². The smallest absolute Gasteiger partial charge is 0.293 e. The third-order valence-electron chi connectivity index (χ3n) is 6.05. The molecule has 1 heterocycles. The van der Waals surface area contributed by atoms with E-state index >= 15 is 0 Å². The molecule has 10 nitrogen and oxygen atoms in total. The van der Waals surface area contributed by atoms with Crippen LogP contribution in [0.25, 0.3) is 0 Å². The summed E-state index contributed by atoms with van der Waals surface area (Å²) in [7, 11) is -3.80. The number of nitrogens with zero attached hydrogens (tertiary/aromatic N) is 4. The first-order valence-corrected chi connectivity index (χ1v) is 12.6. The highest BCUT2D eigenvalue weighted by Crippen LogP contribution is 2.33. The van der Waals surface area contributed by atoms with Crippen LogP contribution in [-0.4, -0.2) is 80.4 Å². The maximum atomic E-state index is 12.8. The zero-order chi connectivity index (χ0) is 23.5. The van der Waals surface area contributed by atoms with Crippen LogP contribution in [0.5, 0.6) is 0 Å². The summed E-state index contributed by atoms with van der Waals surface area (Å²) in [5.41, 5.74) is 0.109. The Morgan fingerprint density at radius 2 is 1.84 bits per heavy atom. The lowest BCUT2D eigenvalue weighted by Gasteiger charge is -2.36. The topological polar surface area (TPSA) is 113 Å². The number of anilines is 1. The van der Waals surface area contributed by atoms with Crippen LogP contribution in [0.1, 0.15) is 33.6 Å². The first-order valence-electron chi connectivity index (χ1n) is 11.1. The standard InChI is InChI=1S/C21H32N4O6S/c1-4-24(5-2)32(29,30)18-8-9-19(20(14-18)25(27)28)22-10-12-23(13-11-22)21(26)16(3)31-15-17-6-7-17/h8-9,14,16-17H,4-7,10-13,15H2,1-3H3. The lowest BCUT2D eigenvalue weighted by molar-refractivity contribution is -0.384. The van der Waals surface area contributed by atoms with Gasteiger partial charge in [0.05, 0.1) is 16.4 Å². The second-order valence-corrected chi connectivity index (χ2v) is 10.2. The maximum absolute atomic E-state index is 12.8. The summed E-state index contributed by atoms with van der Waals surface area (Å²) in [6, 6.07) is 4.04. The molecule has 178 valence electrons. The minimum atomic E-state index is -3.80. The zero-order valence-corrected chi connectivity index (χ0v) is 19.7. The quantitative estimate of drug-likeness (QED) is 0.382. The van der Waals surface area contributed by atoms with Crippen LogP contribution in [0.15, 0.2) is 23.1 Å². The van der Waals surface area contributed by atoms with Crippen molar-refractivity contribution in [2.75, 3.05) is 50.8 Å². The number of carbonyl (C=O) groups excluding carboxylic acids is 1. The Morgan fingerprint density at radius 3 is 2.38 bits per heavy atom. The van der Waals surface area contributed by atoms with Crippen molar-refractivity contribution in [3.8, 4) is 0 Å². The second kappa shape index (κ2) is 10.1. The van der Waals surface area contributed by atoms with E-state index < -0.39 is 21.1 Å². The summed E-state index contributed by atoms with van der Waals surface area (Å²) < 4.78 is 32.5. The van der Waals surface area contributed by atoms with Gasteiger partial charge in [-0.25, -0.2) is 8.42 Å². The lowest BCUT2D eigenvalue weighted by atomic mass is 10.2. The van der Waals surface area contributed by atoms with Gasteiger partial charge in [0.1, 0.15) is 11.8 Å². The zero-order valence-electron chi connectivity index (χ0n) is 18.9. The minimum absolute atomic E-state index is 0.0690. The van der Waals surface area contributed by atoms with Crippen molar-refractivity contribution in [2.24, 2.45) is 5.92 Å². The molecule has 0 radical (unpaired) electrons. The van der Waals surface area contributed by atoms with Gasteiger partial charge >= 0.3 is 0 Å². The molecule has 0 spiro atoms. The molecule has 1 aromatic rings. The number of piperazine rings is 1. The lowest BCUT2D eigenvalue weighted by Crippen LogP contribution is -2.51. The molecule has 0 aromatic heterocycles.